The number of rotatable bonds is 6. The molecule has 1 aromatic heterocycles. The van der Waals surface area contributed by atoms with Crippen LogP contribution in [0, 0.1) is 0 Å². The molecule has 1 saturated heterocycles. The van der Waals surface area contributed by atoms with E-state index in [2.05, 4.69) is 10.4 Å². The van der Waals surface area contributed by atoms with Crippen molar-refractivity contribution >= 4 is 23.4 Å². The number of hydrogen-bond acceptors (Lipinski definition) is 4. The molecule has 0 saturated carbocycles. The van der Waals surface area contributed by atoms with Crippen LogP contribution in [0.15, 0.2) is 67.0 Å². The SMILES string of the molecule is O=C(Nc1ccc(CN2C(=O)CCC2=O)cc1)c1cnn(Cc2ccccc2)c1. The van der Waals surface area contributed by atoms with Crippen LogP contribution in [-0.2, 0) is 22.7 Å². The van der Waals surface area contributed by atoms with E-state index in [1.807, 2.05) is 30.3 Å². The molecule has 1 aliphatic rings. The first-order valence-corrected chi connectivity index (χ1v) is 9.38. The number of hydrogen-bond donors (Lipinski definition) is 1. The first kappa shape index (κ1) is 18.6. The van der Waals surface area contributed by atoms with Gasteiger partial charge in [-0.15, -0.1) is 0 Å². The van der Waals surface area contributed by atoms with E-state index in [0.29, 0.717) is 17.8 Å². The first-order valence-electron chi connectivity index (χ1n) is 9.38. The van der Waals surface area contributed by atoms with Gasteiger partial charge in [-0.05, 0) is 23.3 Å². The molecule has 0 radical (unpaired) electrons. The van der Waals surface area contributed by atoms with Crippen LogP contribution < -0.4 is 5.32 Å². The predicted octanol–water partition coefficient (Wildman–Crippen LogP) is 2.83. The summed E-state index contributed by atoms with van der Waals surface area (Å²) in [5.41, 5.74) is 3.04. The molecule has 0 spiro atoms. The topological polar surface area (TPSA) is 84.3 Å². The number of carbonyl (C=O) groups is 3. The van der Waals surface area contributed by atoms with Crippen molar-refractivity contribution in [1.82, 2.24) is 14.7 Å². The fourth-order valence-electron chi connectivity index (χ4n) is 3.22. The van der Waals surface area contributed by atoms with E-state index >= 15 is 0 Å². The van der Waals surface area contributed by atoms with Crippen LogP contribution in [0.2, 0.25) is 0 Å². The minimum Gasteiger partial charge on any atom is -0.322 e. The van der Waals surface area contributed by atoms with Gasteiger partial charge in [-0.2, -0.15) is 5.10 Å². The van der Waals surface area contributed by atoms with E-state index in [4.69, 9.17) is 0 Å². The fourth-order valence-corrected chi connectivity index (χ4v) is 3.22. The molecule has 4 rings (SSSR count). The average molecular weight is 388 g/mol. The summed E-state index contributed by atoms with van der Waals surface area (Å²) in [5, 5.41) is 7.08. The van der Waals surface area contributed by atoms with Gasteiger partial charge in [0.1, 0.15) is 0 Å². The highest BCUT2D eigenvalue weighted by Gasteiger charge is 2.28. The third-order valence-electron chi connectivity index (χ3n) is 4.79. The second-order valence-corrected chi connectivity index (χ2v) is 6.94. The lowest BCUT2D eigenvalue weighted by atomic mass is 10.2. The van der Waals surface area contributed by atoms with Crippen molar-refractivity contribution in [2.24, 2.45) is 0 Å². The Kier molecular flexibility index (Phi) is 5.20. The molecule has 3 amide bonds. The highest BCUT2D eigenvalue weighted by atomic mass is 16.2. The van der Waals surface area contributed by atoms with Crippen LogP contribution in [-0.4, -0.2) is 32.4 Å². The summed E-state index contributed by atoms with van der Waals surface area (Å²) < 4.78 is 1.72. The number of nitrogens with zero attached hydrogens (tertiary/aromatic N) is 3. The summed E-state index contributed by atoms with van der Waals surface area (Å²) in [4.78, 5) is 37.2. The molecule has 0 atom stereocenters. The largest absolute Gasteiger partial charge is 0.322 e. The van der Waals surface area contributed by atoms with Gasteiger partial charge in [0.2, 0.25) is 11.8 Å². The van der Waals surface area contributed by atoms with Crippen LogP contribution in [0.5, 0.6) is 0 Å². The number of imide groups is 1. The third kappa shape index (κ3) is 4.40. The molecule has 146 valence electrons. The Labute approximate surface area is 167 Å². The van der Waals surface area contributed by atoms with Crippen molar-refractivity contribution in [2.75, 3.05) is 5.32 Å². The lowest BCUT2D eigenvalue weighted by Crippen LogP contribution is -2.28. The van der Waals surface area contributed by atoms with E-state index in [1.54, 1.807) is 35.1 Å². The average Bonchev–Trinajstić information content (AvgIpc) is 3.32. The lowest BCUT2D eigenvalue weighted by molar-refractivity contribution is -0.139. The monoisotopic (exact) mass is 388 g/mol. The lowest BCUT2D eigenvalue weighted by Gasteiger charge is -2.14. The number of amides is 3. The highest BCUT2D eigenvalue weighted by molar-refractivity contribution is 6.04. The zero-order valence-corrected chi connectivity index (χ0v) is 15.7. The molecule has 2 heterocycles. The van der Waals surface area contributed by atoms with E-state index in [9.17, 15) is 14.4 Å². The van der Waals surface area contributed by atoms with E-state index in [-0.39, 0.29) is 37.1 Å². The Bertz CT molecular complexity index is 1030. The number of likely N-dealkylation sites (tertiary alicyclic amines) is 1. The smallest absolute Gasteiger partial charge is 0.258 e. The summed E-state index contributed by atoms with van der Waals surface area (Å²) in [6.45, 7) is 0.856. The second-order valence-electron chi connectivity index (χ2n) is 6.94. The van der Waals surface area contributed by atoms with Gasteiger partial charge in [-0.25, -0.2) is 0 Å². The standard InChI is InChI=1S/C22H20N4O3/c27-20-10-11-21(28)26(20)14-17-6-8-19(9-7-17)24-22(29)18-12-23-25(15-18)13-16-4-2-1-3-5-16/h1-9,12,15H,10-11,13-14H2,(H,24,29). The molecule has 7 heteroatoms. The molecule has 0 bridgehead atoms. The minimum atomic E-state index is -0.248. The van der Waals surface area contributed by atoms with Crippen molar-refractivity contribution in [3.8, 4) is 0 Å². The quantitative estimate of drug-likeness (QED) is 0.658. The van der Waals surface area contributed by atoms with Crippen molar-refractivity contribution in [3.05, 3.63) is 83.7 Å². The number of nitrogens with one attached hydrogen (secondary N) is 1. The molecular weight excluding hydrogens is 368 g/mol. The molecule has 1 fully saturated rings. The summed E-state index contributed by atoms with van der Waals surface area (Å²) >= 11 is 0. The highest BCUT2D eigenvalue weighted by Crippen LogP contribution is 2.18. The molecule has 3 aromatic rings. The Morgan fingerprint density at radius 2 is 1.55 bits per heavy atom. The zero-order chi connectivity index (χ0) is 20.2. The van der Waals surface area contributed by atoms with Crippen LogP contribution in [0.4, 0.5) is 5.69 Å². The Morgan fingerprint density at radius 1 is 0.897 bits per heavy atom. The van der Waals surface area contributed by atoms with Gasteiger partial charge in [-0.1, -0.05) is 42.5 Å². The molecule has 0 unspecified atom stereocenters. The van der Waals surface area contributed by atoms with E-state index in [1.165, 1.54) is 11.1 Å². The second kappa shape index (κ2) is 8.10. The van der Waals surface area contributed by atoms with Gasteiger partial charge in [-0.3, -0.25) is 24.0 Å². The zero-order valence-electron chi connectivity index (χ0n) is 15.7. The Hall–Kier alpha value is -3.74. The van der Waals surface area contributed by atoms with Crippen molar-refractivity contribution in [2.45, 2.75) is 25.9 Å². The van der Waals surface area contributed by atoms with E-state index < -0.39 is 0 Å². The van der Waals surface area contributed by atoms with Crippen molar-refractivity contribution in [3.63, 3.8) is 0 Å². The Balaban J connectivity index is 1.36. The molecule has 29 heavy (non-hydrogen) atoms. The van der Waals surface area contributed by atoms with Gasteiger partial charge < -0.3 is 5.32 Å². The molecule has 0 aliphatic carbocycles. The van der Waals surface area contributed by atoms with E-state index in [0.717, 1.165) is 11.1 Å². The summed E-state index contributed by atoms with van der Waals surface area (Å²) in [7, 11) is 0. The maximum atomic E-state index is 12.5. The Morgan fingerprint density at radius 3 is 2.24 bits per heavy atom. The van der Waals surface area contributed by atoms with Gasteiger partial charge in [0, 0.05) is 24.7 Å². The fraction of sp³-hybridized carbons (Fsp3) is 0.182. The summed E-state index contributed by atoms with van der Waals surface area (Å²) in [6, 6.07) is 17.0. The number of carbonyl (C=O) groups excluding carboxylic acids is 3. The molecule has 7 nitrogen and oxygen atoms in total. The molecular formula is C22H20N4O3. The number of anilines is 1. The van der Waals surface area contributed by atoms with Gasteiger partial charge in [0.15, 0.2) is 0 Å². The third-order valence-corrected chi connectivity index (χ3v) is 4.79. The number of aromatic nitrogens is 2. The van der Waals surface area contributed by atoms with Crippen LogP contribution in [0.25, 0.3) is 0 Å². The molecule has 2 aromatic carbocycles. The minimum absolute atomic E-state index is 0.139. The maximum Gasteiger partial charge on any atom is 0.258 e. The van der Waals surface area contributed by atoms with Crippen molar-refractivity contribution < 1.29 is 14.4 Å². The molecule has 1 N–H and O–H groups in total. The first-order chi connectivity index (χ1) is 14.1. The maximum absolute atomic E-state index is 12.5. The predicted molar refractivity (Wildman–Crippen MR) is 107 cm³/mol. The molecule has 1 aliphatic heterocycles. The number of benzene rings is 2. The van der Waals surface area contributed by atoms with Gasteiger partial charge in [0.25, 0.3) is 5.91 Å². The van der Waals surface area contributed by atoms with Gasteiger partial charge >= 0.3 is 0 Å². The summed E-state index contributed by atoms with van der Waals surface area (Å²) in [5.74, 6) is -0.526. The van der Waals surface area contributed by atoms with Gasteiger partial charge in [0.05, 0.1) is 24.8 Å². The summed E-state index contributed by atoms with van der Waals surface area (Å²) in [6.07, 6.45) is 3.81. The van der Waals surface area contributed by atoms with Crippen LogP contribution in [0.1, 0.15) is 34.3 Å². The van der Waals surface area contributed by atoms with Crippen LogP contribution in [0.3, 0.4) is 0 Å². The van der Waals surface area contributed by atoms with Crippen LogP contribution >= 0.6 is 0 Å². The normalized spacial score (nSPS) is 13.7. The van der Waals surface area contributed by atoms with Crippen molar-refractivity contribution in [1.29, 1.82) is 0 Å².